The maximum Gasteiger partial charge on any atom is 0.205 e. The second kappa shape index (κ2) is 4.95. The number of nitrogens with two attached hydrogens (primary N) is 1. The van der Waals surface area contributed by atoms with E-state index in [4.69, 9.17) is 28.9 Å². The highest BCUT2D eigenvalue weighted by Crippen LogP contribution is 2.33. The third-order valence-corrected chi connectivity index (χ3v) is 4.42. The van der Waals surface area contributed by atoms with Crippen LogP contribution in [0.3, 0.4) is 0 Å². The van der Waals surface area contributed by atoms with E-state index in [2.05, 4.69) is 20.9 Å². The Hall–Kier alpha value is -1.23. The van der Waals surface area contributed by atoms with Crippen molar-refractivity contribution in [3.63, 3.8) is 0 Å². The Morgan fingerprint density at radius 2 is 1.85 bits per heavy atom. The molecule has 0 aliphatic rings. The molecule has 0 atom stereocenters. The van der Waals surface area contributed by atoms with Gasteiger partial charge in [-0.2, -0.15) is 0 Å². The van der Waals surface area contributed by atoms with Gasteiger partial charge in [0.25, 0.3) is 0 Å². The zero-order valence-corrected chi connectivity index (χ0v) is 13.6. The molecule has 3 rings (SSSR count). The average Bonchev–Trinajstić information content (AvgIpc) is 2.66. The molecular weight excluding hydrogens is 361 g/mol. The summed E-state index contributed by atoms with van der Waals surface area (Å²) in [4.78, 5) is 4.33. The molecule has 0 amide bonds. The van der Waals surface area contributed by atoms with Gasteiger partial charge in [0.2, 0.25) is 5.95 Å². The highest BCUT2D eigenvalue weighted by Gasteiger charge is 2.14. The first-order valence-electron chi connectivity index (χ1n) is 5.87. The fourth-order valence-corrected chi connectivity index (χ4v) is 3.12. The van der Waals surface area contributed by atoms with E-state index < -0.39 is 0 Å². The summed E-state index contributed by atoms with van der Waals surface area (Å²) < 4.78 is 2.79. The lowest BCUT2D eigenvalue weighted by molar-refractivity contribution is 1.10. The van der Waals surface area contributed by atoms with Crippen LogP contribution in [0.15, 0.2) is 34.8 Å². The second-order valence-corrected chi connectivity index (χ2v) is 6.18. The van der Waals surface area contributed by atoms with Crippen LogP contribution in [0.4, 0.5) is 5.95 Å². The Balaban J connectivity index is 2.35. The molecule has 0 aliphatic heterocycles. The van der Waals surface area contributed by atoms with E-state index in [1.165, 1.54) is 0 Å². The van der Waals surface area contributed by atoms with Crippen molar-refractivity contribution < 1.29 is 0 Å². The molecule has 1 heterocycles. The molecule has 6 heteroatoms. The van der Waals surface area contributed by atoms with E-state index in [0.717, 1.165) is 21.2 Å². The number of fused-ring (bicyclic) bond motifs is 1. The van der Waals surface area contributed by atoms with Crippen molar-refractivity contribution in [3.8, 4) is 5.69 Å². The van der Waals surface area contributed by atoms with Crippen molar-refractivity contribution >= 4 is 56.1 Å². The lowest BCUT2D eigenvalue weighted by Gasteiger charge is -2.10. The molecule has 0 radical (unpaired) electrons. The Labute approximate surface area is 134 Å². The van der Waals surface area contributed by atoms with Gasteiger partial charge in [-0.1, -0.05) is 29.3 Å². The maximum absolute atomic E-state index is 6.10. The van der Waals surface area contributed by atoms with Gasteiger partial charge in [0.15, 0.2) is 0 Å². The van der Waals surface area contributed by atoms with E-state index in [9.17, 15) is 0 Å². The number of halogens is 3. The Morgan fingerprint density at radius 3 is 2.55 bits per heavy atom. The van der Waals surface area contributed by atoms with Crippen LogP contribution in [0.5, 0.6) is 0 Å². The summed E-state index contributed by atoms with van der Waals surface area (Å²) in [6, 6.07) is 9.52. The van der Waals surface area contributed by atoms with Crippen LogP contribution in [-0.2, 0) is 0 Å². The SMILES string of the molecule is Cc1ccc(-n2c(N)nc3cc(Cl)c(Cl)cc32)c(Br)c1. The van der Waals surface area contributed by atoms with E-state index in [0.29, 0.717) is 21.5 Å². The highest BCUT2D eigenvalue weighted by atomic mass is 79.9. The Bertz CT molecular complexity index is 827. The molecule has 102 valence electrons. The van der Waals surface area contributed by atoms with Crippen molar-refractivity contribution in [1.82, 2.24) is 9.55 Å². The third-order valence-electron chi connectivity index (χ3n) is 3.07. The smallest absolute Gasteiger partial charge is 0.205 e. The van der Waals surface area contributed by atoms with Gasteiger partial charge < -0.3 is 5.73 Å². The standard InChI is InChI=1S/C14H10BrCl2N3/c1-7-2-3-12(8(15)4-7)20-13-6-10(17)9(16)5-11(13)19-14(20)18/h2-6H,1H3,(H2,18,19). The molecule has 0 bridgehead atoms. The number of hydrogen-bond acceptors (Lipinski definition) is 2. The molecule has 2 aromatic carbocycles. The second-order valence-electron chi connectivity index (χ2n) is 4.52. The van der Waals surface area contributed by atoms with Crippen LogP contribution in [0.1, 0.15) is 5.56 Å². The summed E-state index contributed by atoms with van der Waals surface area (Å²) in [6.07, 6.45) is 0. The van der Waals surface area contributed by atoms with Crippen LogP contribution in [0.25, 0.3) is 16.7 Å². The van der Waals surface area contributed by atoms with Gasteiger partial charge in [-0.25, -0.2) is 4.98 Å². The zero-order chi connectivity index (χ0) is 14.4. The summed E-state index contributed by atoms with van der Waals surface area (Å²) in [6.45, 7) is 2.03. The minimum absolute atomic E-state index is 0.392. The monoisotopic (exact) mass is 369 g/mol. The summed E-state index contributed by atoms with van der Waals surface area (Å²) >= 11 is 15.7. The van der Waals surface area contributed by atoms with Crippen molar-refractivity contribution in [3.05, 3.63) is 50.4 Å². The normalized spacial score (nSPS) is 11.2. The summed E-state index contributed by atoms with van der Waals surface area (Å²) in [5.74, 6) is 0.392. The topological polar surface area (TPSA) is 43.8 Å². The van der Waals surface area contributed by atoms with Gasteiger partial charge in [-0.05, 0) is 52.7 Å². The molecule has 0 aliphatic carbocycles. The van der Waals surface area contributed by atoms with Gasteiger partial charge in [0, 0.05) is 4.47 Å². The molecule has 0 unspecified atom stereocenters. The first kappa shape index (κ1) is 13.7. The summed E-state index contributed by atoms with van der Waals surface area (Å²) in [7, 11) is 0. The minimum Gasteiger partial charge on any atom is -0.369 e. The van der Waals surface area contributed by atoms with Crippen molar-refractivity contribution in [2.45, 2.75) is 6.92 Å². The maximum atomic E-state index is 6.10. The Kier molecular flexibility index (Phi) is 3.40. The van der Waals surface area contributed by atoms with Gasteiger partial charge in [0.1, 0.15) is 0 Å². The molecule has 20 heavy (non-hydrogen) atoms. The number of rotatable bonds is 1. The quantitative estimate of drug-likeness (QED) is 0.656. The van der Waals surface area contributed by atoms with Crippen molar-refractivity contribution in [1.29, 1.82) is 0 Å². The first-order valence-corrected chi connectivity index (χ1v) is 7.42. The van der Waals surface area contributed by atoms with Gasteiger partial charge in [-0.3, -0.25) is 4.57 Å². The fraction of sp³-hybridized carbons (Fsp3) is 0.0714. The summed E-state index contributed by atoms with van der Waals surface area (Å²) in [5.41, 5.74) is 9.64. The molecular formula is C14H10BrCl2N3. The van der Waals surface area contributed by atoms with Gasteiger partial charge >= 0.3 is 0 Å². The molecule has 0 spiro atoms. The molecule has 3 aromatic rings. The predicted molar refractivity (Wildman–Crippen MR) is 87.9 cm³/mol. The molecule has 2 N–H and O–H groups in total. The van der Waals surface area contributed by atoms with E-state index >= 15 is 0 Å². The van der Waals surface area contributed by atoms with Crippen molar-refractivity contribution in [2.24, 2.45) is 0 Å². The number of anilines is 1. The summed E-state index contributed by atoms with van der Waals surface area (Å²) in [5, 5.41) is 0.940. The van der Waals surface area contributed by atoms with Gasteiger partial charge in [-0.15, -0.1) is 0 Å². The third kappa shape index (κ3) is 2.18. The van der Waals surface area contributed by atoms with Crippen LogP contribution >= 0.6 is 39.1 Å². The number of nitrogen functional groups attached to an aromatic ring is 1. The Morgan fingerprint density at radius 1 is 1.15 bits per heavy atom. The van der Waals surface area contributed by atoms with E-state index in [1.807, 2.05) is 29.7 Å². The predicted octanol–water partition coefficient (Wildman–Crippen LogP) is 4.99. The minimum atomic E-state index is 0.392. The molecule has 0 fully saturated rings. The number of hydrogen-bond donors (Lipinski definition) is 1. The van der Waals surface area contributed by atoms with Crippen LogP contribution in [-0.4, -0.2) is 9.55 Å². The molecule has 0 saturated heterocycles. The highest BCUT2D eigenvalue weighted by molar-refractivity contribution is 9.10. The number of nitrogens with zero attached hydrogens (tertiary/aromatic N) is 2. The zero-order valence-electron chi connectivity index (χ0n) is 10.5. The van der Waals surface area contributed by atoms with Crippen LogP contribution in [0.2, 0.25) is 10.0 Å². The average molecular weight is 371 g/mol. The molecule has 1 aromatic heterocycles. The largest absolute Gasteiger partial charge is 0.369 e. The number of aromatic nitrogens is 2. The van der Waals surface area contributed by atoms with E-state index in [1.54, 1.807) is 12.1 Å². The van der Waals surface area contributed by atoms with Crippen molar-refractivity contribution in [2.75, 3.05) is 5.73 Å². The molecule has 3 nitrogen and oxygen atoms in total. The molecule has 0 saturated carbocycles. The number of imidazole rings is 1. The lowest BCUT2D eigenvalue weighted by atomic mass is 10.2. The van der Waals surface area contributed by atoms with Crippen LogP contribution in [0, 0.1) is 6.92 Å². The lowest BCUT2D eigenvalue weighted by Crippen LogP contribution is -2.01. The number of benzene rings is 2. The van der Waals surface area contributed by atoms with E-state index in [-0.39, 0.29) is 0 Å². The van der Waals surface area contributed by atoms with Crippen LogP contribution < -0.4 is 5.73 Å². The fourth-order valence-electron chi connectivity index (χ4n) is 2.14. The first-order chi connectivity index (χ1) is 9.47. The van der Waals surface area contributed by atoms with Gasteiger partial charge in [0.05, 0.1) is 26.8 Å². The number of aryl methyl sites for hydroxylation is 1.